The summed E-state index contributed by atoms with van der Waals surface area (Å²) < 4.78 is 18.7. The van der Waals surface area contributed by atoms with Crippen LogP contribution in [-0.4, -0.2) is 62.1 Å². The summed E-state index contributed by atoms with van der Waals surface area (Å²) in [5, 5.41) is 8.54. The van der Waals surface area contributed by atoms with Gasteiger partial charge in [0, 0.05) is 26.2 Å². The molecule has 0 radical (unpaired) electrons. The molecule has 3 amide bonds. The first-order valence-corrected chi connectivity index (χ1v) is 7.94. The van der Waals surface area contributed by atoms with Crippen molar-refractivity contribution in [1.29, 1.82) is 0 Å². The third-order valence-corrected chi connectivity index (χ3v) is 3.48. The van der Waals surface area contributed by atoms with Gasteiger partial charge < -0.3 is 20.7 Å². The summed E-state index contributed by atoms with van der Waals surface area (Å²) >= 11 is 0. The van der Waals surface area contributed by atoms with E-state index in [4.69, 9.17) is 4.74 Å². The van der Waals surface area contributed by atoms with Gasteiger partial charge >= 0.3 is 6.03 Å². The lowest BCUT2D eigenvalue weighted by atomic mass is 10.3. The molecule has 1 aliphatic heterocycles. The zero-order valence-corrected chi connectivity index (χ0v) is 17.0. The Balaban J connectivity index is 0.00000338. The van der Waals surface area contributed by atoms with Crippen LogP contribution in [0.2, 0.25) is 0 Å². The van der Waals surface area contributed by atoms with Crippen LogP contribution in [-0.2, 0) is 4.79 Å². The van der Waals surface area contributed by atoms with Gasteiger partial charge in [0.25, 0.3) is 0 Å². The molecule has 0 aromatic heterocycles. The van der Waals surface area contributed by atoms with Crippen molar-refractivity contribution in [1.82, 2.24) is 20.9 Å². The average Bonchev–Trinajstić information content (AvgIpc) is 2.89. The molecule has 0 spiro atoms. The molecule has 2 rings (SSSR count). The highest BCUT2D eigenvalue weighted by atomic mass is 127. The number of aliphatic imine (C=N–C) groups is 1. The standard InChI is InChI=1S/C16H22FN5O3.HI/c1-11(25-13-5-3-4-12(17)8-13)9-20-15(18-2)19-6-7-22-14(23)10-21-16(22)24;/h3-5,8,11H,6-7,9-10H2,1-2H3,(H,21,24)(H2,18,19,20);1H. The van der Waals surface area contributed by atoms with Gasteiger partial charge in [-0.25, -0.2) is 9.18 Å². The lowest BCUT2D eigenvalue weighted by Crippen LogP contribution is -2.45. The first kappa shape index (κ1) is 21.9. The number of nitrogens with zero attached hydrogens (tertiary/aromatic N) is 2. The van der Waals surface area contributed by atoms with E-state index in [1.54, 1.807) is 19.2 Å². The van der Waals surface area contributed by atoms with E-state index in [1.807, 2.05) is 6.92 Å². The second kappa shape index (κ2) is 10.8. The Kier molecular flexibility index (Phi) is 9.10. The molecule has 0 saturated carbocycles. The number of halogens is 2. The first-order valence-electron chi connectivity index (χ1n) is 7.94. The fourth-order valence-electron chi connectivity index (χ4n) is 2.24. The summed E-state index contributed by atoms with van der Waals surface area (Å²) in [6.45, 7) is 2.96. The topological polar surface area (TPSA) is 95.1 Å². The highest BCUT2D eigenvalue weighted by Gasteiger charge is 2.27. The summed E-state index contributed by atoms with van der Waals surface area (Å²) in [4.78, 5) is 28.1. The summed E-state index contributed by atoms with van der Waals surface area (Å²) in [5.74, 6) is 0.375. The van der Waals surface area contributed by atoms with Crippen molar-refractivity contribution in [2.24, 2.45) is 4.99 Å². The number of imide groups is 1. The molecule has 1 unspecified atom stereocenters. The van der Waals surface area contributed by atoms with Crippen LogP contribution in [0.25, 0.3) is 0 Å². The Morgan fingerprint density at radius 3 is 2.81 bits per heavy atom. The highest BCUT2D eigenvalue weighted by Crippen LogP contribution is 2.13. The van der Waals surface area contributed by atoms with Gasteiger partial charge in [-0.2, -0.15) is 0 Å². The average molecular weight is 479 g/mol. The molecule has 10 heteroatoms. The smallest absolute Gasteiger partial charge is 0.324 e. The quantitative estimate of drug-likeness (QED) is 0.234. The van der Waals surface area contributed by atoms with Gasteiger partial charge in [0.05, 0.1) is 13.1 Å². The molecular formula is C16H23FIN5O3. The van der Waals surface area contributed by atoms with Gasteiger partial charge in [-0.05, 0) is 19.1 Å². The van der Waals surface area contributed by atoms with Gasteiger partial charge in [0.2, 0.25) is 5.91 Å². The minimum Gasteiger partial charge on any atom is -0.489 e. The highest BCUT2D eigenvalue weighted by molar-refractivity contribution is 14.0. The van der Waals surface area contributed by atoms with Crippen molar-refractivity contribution in [2.75, 3.05) is 33.2 Å². The molecule has 26 heavy (non-hydrogen) atoms. The number of carbonyl (C=O) groups is 2. The maximum Gasteiger partial charge on any atom is 0.324 e. The number of nitrogens with one attached hydrogen (secondary N) is 3. The monoisotopic (exact) mass is 479 g/mol. The maximum absolute atomic E-state index is 13.1. The molecule has 0 bridgehead atoms. The number of hydrogen-bond donors (Lipinski definition) is 3. The Hall–Kier alpha value is -2.11. The van der Waals surface area contributed by atoms with E-state index in [1.165, 1.54) is 12.1 Å². The number of rotatable bonds is 7. The summed E-state index contributed by atoms with van der Waals surface area (Å²) in [6, 6.07) is 5.56. The fraction of sp³-hybridized carbons (Fsp3) is 0.438. The van der Waals surface area contributed by atoms with E-state index in [-0.39, 0.29) is 60.9 Å². The van der Waals surface area contributed by atoms with Crippen LogP contribution >= 0.6 is 24.0 Å². The molecule has 3 N–H and O–H groups in total. The van der Waals surface area contributed by atoms with Crippen LogP contribution in [0.1, 0.15) is 6.92 Å². The van der Waals surface area contributed by atoms with Gasteiger partial charge in [0.15, 0.2) is 5.96 Å². The SMILES string of the molecule is CN=C(NCCN1C(=O)CNC1=O)NCC(C)Oc1cccc(F)c1.I. The number of amides is 3. The molecule has 1 aromatic carbocycles. The summed E-state index contributed by atoms with van der Waals surface area (Å²) in [5.41, 5.74) is 0. The number of ether oxygens (including phenoxy) is 1. The van der Waals surface area contributed by atoms with Crippen molar-refractivity contribution < 1.29 is 18.7 Å². The summed E-state index contributed by atoms with van der Waals surface area (Å²) in [7, 11) is 1.61. The van der Waals surface area contributed by atoms with Crippen molar-refractivity contribution in [2.45, 2.75) is 13.0 Å². The molecule has 144 valence electrons. The molecule has 1 fully saturated rings. The van der Waals surface area contributed by atoms with Crippen LogP contribution in [0, 0.1) is 5.82 Å². The molecule has 0 aliphatic carbocycles. The van der Waals surface area contributed by atoms with Crippen LogP contribution in [0.15, 0.2) is 29.3 Å². The van der Waals surface area contributed by atoms with E-state index in [0.717, 1.165) is 4.90 Å². The Bertz CT molecular complexity index is 643. The lowest BCUT2D eigenvalue weighted by Gasteiger charge is -2.18. The zero-order valence-electron chi connectivity index (χ0n) is 14.6. The zero-order chi connectivity index (χ0) is 18.2. The van der Waals surface area contributed by atoms with E-state index >= 15 is 0 Å². The summed E-state index contributed by atoms with van der Waals surface area (Å²) in [6.07, 6.45) is -0.216. The number of urea groups is 1. The van der Waals surface area contributed by atoms with E-state index < -0.39 is 0 Å². The van der Waals surface area contributed by atoms with Crippen LogP contribution in [0.3, 0.4) is 0 Å². The number of carbonyl (C=O) groups excluding carboxylic acids is 2. The van der Waals surface area contributed by atoms with Crippen molar-refractivity contribution in [3.05, 3.63) is 30.1 Å². The van der Waals surface area contributed by atoms with Crippen molar-refractivity contribution in [3.63, 3.8) is 0 Å². The molecule has 1 aromatic rings. The third kappa shape index (κ3) is 6.65. The second-order valence-corrected chi connectivity index (χ2v) is 5.47. The molecular weight excluding hydrogens is 456 g/mol. The van der Waals surface area contributed by atoms with E-state index in [0.29, 0.717) is 24.8 Å². The molecule has 1 heterocycles. The van der Waals surface area contributed by atoms with Crippen LogP contribution < -0.4 is 20.7 Å². The van der Waals surface area contributed by atoms with Gasteiger partial charge in [0.1, 0.15) is 17.7 Å². The Morgan fingerprint density at radius 1 is 1.42 bits per heavy atom. The molecule has 1 saturated heterocycles. The molecule has 1 atom stereocenters. The molecule has 1 aliphatic rings. The van der Waals surface area contributed by atoms with Crippen molar-refractivity contribution in [3.8, 4) is 5.75 Å². The van der Waals surface area contributed by atoms with E-state index in [9.17, 15) is 14.0 Å². The number of hydrogen-bond acceptors (Lipinski definition) is 4. The number of guanidine groups is 1. The largest absolute Gasteiger partial charge is 0.489 e. The van der Waals surface area contributed by atoms with Gasteiger partial charge in [-0.3, -0.25) is 14.7 Å². The van der Waals surface area contributed by atoms with Crippen molar-refractivity contribution >= 4 is 41.9 Å². The normalized spacial score (nSPS) is 15.2. The first-order chi connectivity index (χ1) is 12.0. The lowest BCUT2D eigenvalue weighted by molar-refractivity contribution is -0.124. The predicted molar refractivity (Wildman–Crippen MR) is 106 cm³/mol. The minimum atomic E-state index is -0.383. The van der Waals surface area contributed by atoms with Crippen LogP contribution in [0.5, 0.6) is 5.75 Å². The Labute approximate surface area is 168 Å². The predicted octanol–water partition coefficient (Wildman–Crippen LogP) is 0.928. The third-order valence-electron chi connectivity index (χ3n) is 3.48. The maximum atomic E-state index is 13.1. The molecule has 8 nitrogen and oxygen atoms in total. The van der Waals surface area contributed by atoms with Gasteiger partial charge in [-0.15, -0.1) is 24.0 Å². The second-order valence-electron chi connectivity index (χ2n) is 5.47. The Morgan fingerprint density at radius 2 is 2.19 bits per heavy atom. The fourth-order valence-corrected chi connectivity index (χ4v) is 2.24. The minimum absolute atomic E-state index is 0. The van der Waals surface area contributed by atoms with E-state index in [2.05, 4.69) is 20.9 Å². The van der Waals surface area contributed by atoms with Gasteiger partial charge in [-0.1, -0.05) is 6.07 Å². The van der Waals surface area contributed by atoms with Crippen LogP contribution in [0.4, 0.5) is 9.18 Å². The number of benzene rings is 1.